The van der Waals surface area contributed by atoms with E-state index >= 15 is 0 Å². The van der Waals surface area contributed by atoms with Gasteiger partial charge in [0.15, 0.2) is 0 Å². The molecule has 0 radical (unpaired) electrons. The Labute approximate surface area is 167 Å². The minimum atomic E-state index is -3.57. The predicted molar refractivity (Wildman–Crippen MR) is 111 cm³/mol. The number of carbonyl (C=O) groups is 1. The Balaban J connectivity index is 1.55. The van der Waals surface area contributed by atoms with Gasteiger partial charge in [0, 0.05) is 45.3 Å². The van der Waals surface area contributed by atoms with Crippen LogP contribution >= 0.6 is 0 Å². The Morgan fingerprint density at radius 2 is 1.68 bits per heavy atom. The molecule has 3 rings (SSSR count). The molecule has 1 aliphatic heterocycles. The summed E-state index contributed by atoms with van der Waals surface area (Å²) in [4.78, 5) is 15.5. The molecule has 0 spiro atoms. The Bertz CT molecular complexity index is 890. The predicted octanol–water partition coefficient (Wildman–Crippen LogP) is 2.61. The summed E-state index contributed by atoms with van der Waals surface area (Å²) < 4.78 is 28.2. The molecule has 1 amide bonds. The van der Waals surface area contributed by atoms with E-state index in [4.69, 9.17) is 0 Å². The highest BCUT2D eigenvalue weighted by Gasteiger charge is 2.24. The maximum atomic E-state index is 12.7. The minimum absolute atomic E-state index is 0.0587. The standard InChI is InChI=1S/C21H27N3O3S/c1-17(25)23(2)20-8-10-21(11-9-20)28(26,27)22-19-12-14-24(15-13-19)16-18-6-4-3-5-7-18/h3-11,19,22H,12-16H2,1-2H3. The van der Waals surface area contributed by atoms with Gasteiger partial charge >= 0.3 is 0 Å². The van der Waals surface area contributed by atoms with Crippen LogP contribution in [0.1, 0.15) is 25.3 Å². The van der Waals surface area contributed by atoms with Gasteiger partial charge in [-0.2, -0.15) is 0 Å². The second-order valence-corrected chi connectivity index (χ2v) is 8.94. The van der Waals surface area contributed by atoms with E-state index in [1.54, 1.807) is 31.3 Å². The van der Waals surface area contributed by atoms with Gasteiger partial charge in [0.05, 0.1) is 4.90 Å². The maximum Gasteiger partial charge on any atom is 0.240 e. The second kappa shape index (κ2) is 8.86. The lowest BCUT2D eigenvalue weighted by molar-refractivity contribution is -0.116. The molecule has 1 heterocycles. The quantitative estimate of drug-likeness (QED) is 0.808. The van der Waals surface area contributed by atoms with Gasteiger partial charge in [-0.25, -0.2) is 13.1 Å². The molecule has 0 aliphatic carbocycles. The molecule has 0 aromatic heterocycles. The van der Waals surface area contributed by atoms with E-state index in [-0.39, 0.29) is 16.8 Å². The van der Waals surface area contributed by atoms with Crippen molar-refractivity contribution in [2.75, 3.05) is 25.0 Å². The van der Waals surface area contributed by atoms with E-state index in [0.717, 1.165) is 32.5 Å². The number of hydrogen-bond acceptors (Lipinski definition) is 4. The zero-order valence-corrected chi connectivity index (χ0v) is 17.2. The topological polar surface area (TPSA) is 69.7 Å². The van der Waals surface area contributed by atoms with Crippen molar-refractivity contribution >= 4 is 21.6 Å². The largest absolute Gasteiger partial charge is 0.316 e. The fourth-order valence-electron chi connectivity index (χ4n) is 3.37. The van der Waals surface area contributed by atoms with Gasteiger partial charge < -0.3 is 4.90 Å². The Hall–Kier alpha value is -2.22. The molecule has 6 nitrogen and oxygen atoms in total. The first-order valence-electron chi connectivity index (χ1n) is 9.48. The molecule has 1 aliphatic rings. The summed E-state index contributed by atoms with van der Waals surface area (Å²) in [5, 5.41) is 0. The Kier molecular flexibility index (Phi) is 6.49. The molecule has 150 valence electrons. The van der Waals surface area contributed by atoms with Crippen LogP contribution in [-0.2, 0) is 21.4 Å². The molecule has 2 aromatic carbocycles. The van der Waals surface area contributed by atoms with E-state index in [9.17, 15) is 13.2 Å². The zero-order valence-electron chi connectivity index (χ0n) is 16.3. The number of anilines is 1. The highest BCUT2D eigenvalue weighted by Crippen LogP contribution is 2.20. The van der Waals surface area contributed by atoms with Gasteiger partial charge in [-0.1, -0.05) is 30.3 Å². The number of amides is 1. The lowest BCUT2D eigenvalue weighted by Gasteiger charge is -2.32. The fraction of sp³-hybridized carbons (Fsp3) is 0.381. The number of carbonyl (C=O) groups excluding carboxylic acids is 1. The number of sulfonamides is 1. The number of likely N-dealkylation sites (tertiary alicyclic amines) is 1. The number of nitrogens with zero attached hydrogens (tertiary/aromatic N) is 2. The van der Waals surface area contributed by atoms with Gasteiger partial charge in [0.25, 0.3) is 0 Å². The number of hydrogen-bond donors (Lipinski definition) is 1. The average molecular weight is 402 g/mol. The number of piperidine rings is 1. The normalized spacial score (nSPS) is 16.1. The monoisotopic (exact) mass is 401 g/mol. The smallest absolute Gasteiger partial charge is 0.240 e. The molecule has 7 heteroatoms. The molecule has 1 fully saturated rings. The van der Waals surface area contributed by atoms with Gasteiger partial charge in [-0.15, -0.1) is 0 Å². The van der Waals surface area contributed by atoms with Crippen molar-refractivity contribution in [3.8, 4) is 0 Å². The van der Waals surface area contributed by atoms with Crippen molar-refractivity contribution in [3.63, 3.8) is 0 Å². The Morgan fingerprint density at radius 1 is 1.07 bits per heavy atom. The highest BCUT2D eigenvalue weighted by atomic mass is 32.2. The molecular weight excluding hydrogens is 374 g/mol. The fourth-order valence-corrected chi connectivity index (χ4v) is 4.67. The molecule has 2 aromatic rings. The van der Waals surface area contributed by atoms with Gasteiger partial charge in [0.2, 0.25) is 15.9 Å². The first-order chi connectivity index (χ1) is 13.3. The summed E-state index contributed by atoms with van der Waals surface area (Å²) in [7, 11) is -1.91. The van der Waals surface area contributed by atoms with Crippen LogP contribution in [0.3, 0.4) is 0 Å². The van der Waals surface area contributed by atoms with E-state index in [1.807, 2.05) is 18.2 Å². The van der Waals surface area contributed by atoms with Crippen LogP contribution in [0.25, 0.3) is 0 Å². The lowest BCUT2D eigenvalue weighted by atomic mass is 10.1. The van der Waals surface area contributed by atoms with Crippen molar-refractivity contribution in [3.05, 3.63) is 60.2 Å². The lowest BCUT2D eigenvalue weighted by Crippen LogP contribution is -2.44. The van der Waals surface area contributed by atoms with E-state index in [1.165, 1.54) is 17.4 Å². The van der Waals surface area contributed by atoms with Crippen LogP contribution in [0.4, 0.5) is 5.69 Å². The number of rotatable bonds is 6. The summed E-state index contributed by atoms with van der Waals surface area (Å²) in [5.41, 5.74) is 1.94. The van der Waals surface area contributed by atoms with E-state index in [2.05, 4.69) is 21.8 Å². The van der Waals surface area contributed by atoms with Crippen LogP contribution in [0.2, 0.25) is 0 Å². The maximum absolute atomic E-state index is 12.7. The zero-order chi connectivity index (χ0) is 20.1. The van der Waals surface area contributed by atoms with E-state index in [0.29, 0.717) is 5.69 Å². The van der Waals surface area contributed by atoms with Gasteiger partial charge in [0.1, 0.15) is 0 Å². The van der Waals surface area contributed by atoms with Crippen molar-refractivity contribution in [1.82, 2.24) is 9.62 Å². The summed E-state index contributed by atoms with van der Waals surface area (Å²) in [6.07, 6.45) is 1.58. The average Bonchev–Trinajstić information content (AvgIpc) is 2.69. The molecule has 0 bridgehead atoms. The third-order valence-electron chi connectivity index (χ3n) is 5.17. The van der Waals surface area contributed by atoms with Crippen LogP contribution in [0, 0.1) is 0 Å². The third kappa shape index (κ3) is 5.19. The molecule has 1 saturated heterocycles. The van der Waals surface area contributed by atoms with Gasteiger partial charge in [-0.05, 0) is 42.7 Å². The summed E-state index contributed by atoms with van der Waals surface area (Å²) in [5.74, 6) is -0.101. The molecule has 0 saturated carbocycles. The van der Waals surface area contributed by atoms with Gasteiger partial charge in [-0.3, -0.25) is 9.69 Å². The van der Waals surface area contributed by atoms with Crippen molar-refractivity contribution < 1.29 is 13.2 Å². The summed E-state index contributed by atoms with van der Waals surface area (Å²) in [6, 6.07) is 16.6. The van der Waals surface area contributed by atoms with Crippen molar-refractivity contribution in [2.45, 2.75) is 37.2 Å². The first-order valence-corrected chi connectivity index (χ1v) is 11.0. The molecular formula is C21H27N3O3S. The molecule has 0 unspecified atom stereocenters. The van der Waals surface area contributed by atoms with Crippen LogP contribution in [0.5, 0.6) is 0 Å². The molecule has 1 N–H and O–H groups in total. The molecule has 0 atom stereocenters. The van der Waals surface area contributed by atoms with Crippen molar-refractivity contribution in [1.29, 1.82) is 0 Å². The van der Waals surface area contributed by atoms with Crippen LogP contribution < -0.4 is 9.62 Å². The highest BCUT2D eigenvalue weighted by molar-refractivity contribution is 7.89. The second-order valence-electron chi connectivity index (χ2n) is 7.23. The SMILES string of the molecule is CC(=O)N(C)c1ccc(S(=O)(=O)NC2CCN(Cc3ccccc3)CC2)cc1. The number of benzene rings is 2. The van der Waals surface area contributed by atoms with Crippen LogP contribution in [-0.4, -0.2) is 45.4 Å². The minimum Gasteiger partial charge on any atom is -0.316 e. The van der Waals surface area contributed by atoms with Crippen LogP contribution in [0.15, 0.2) is 59.5 Å². The van der Waals surface area contributed by atoms with E-state index < -0.39 is 10.0 Å². The Morgan fingerprint density at radius 3 is 2.25 bits per heavy atom. The molecule has 28 heavy (non-hydrogen) atoms. The summed E-state index contributed by atoms with van der Waals surface area (Å²) >= 11 is 0. The number of nitrogens with one attached hydrogen (secondary N) is 1. The third-order valence-corrected chi connectivity index (χ3v) is 6.70. The summed E-state index contributed by atoms with van der Waals surface area (Å²) in [6.45, 7) is 4.09. The first kappa shape index (κ1) is 20.5. The van der Waals surface area contributed by atoms with Crippen molar-refractivity contribution in [2.24, 2.45) is 0 Å².